The summed E-state index contributed by atoms with van der Waals surface area (Å²) in [5.41, 5.74) is 2.66. The second-order valence-corrected chi connectivity index (χ2v) is 5.61. The van der Waals surface area contributed by atoms with Gasteiger partial charge in [0, 0.05) is 11.4 Å². The molecule has 0 aliphatic rings. The van der Waals surface area contributed by atoms with Crippen LogP contribution in [0.4, 0.5) is 0 Å². The van der Waals surface area contributed by atoms with Crippen LogP contribution in [0.25, 0.3) is 0 Å². The van der Waals surface area contributed by atoms with Gasteiger partial charge in [-0.25, -0.2) is 4.98 Å². The zero-order chi connectivity index (χ0) is 13.7. The Labute approximate surface area is 118 Å². The van der Waals surface area contributed by atoms with E-state index in [9.17, 15) is 0 Å². The lowest BCUT2D eigenvalue weighted by Gasteiger charge is -2.08. The van der Waals surface area contributed by atoms with Gasteiger partial charge in [-0.15, -0.1) is 5.10 Å². The average molecular weight is 276 g/mol. The Morgan fingerprint density at radius 2 is 2.16 bits per heavy atom. The van der Waals surface area contributed by atoms with E-state index in [1.165, 1.54) is 16.0 Å². The van der Waals surface area contributed by atoms with Gasteiger partial charge in [0.1, 0.15) is 5.82 Å². The van der Waals surface area contributed by atoms with E-state index in [1.54, 1.807) is 11.8 Å². The molecule has 1 heterocycles. The molecule has 0 saturated carbocycles. The summed E-state index contributed by atoms with van der Waals surface area (Å²) in [7, 11) is 0. The number of hydrogen-bond donors (Lipinski definition) is 2. The Kier molecular flexibility index (Phi) is 4.99. The average Bonchev–Trinajstić information content (AvgIpc) is 2.78. The number of rotatable bonds is 6. The van der Waals surface area contributed by atoms with E-state index in [0.29, 0.717) is 0 Å². The summed E-state index contributed by atoms with van der Waals surface area (Å²) >= 11 is 1.59. The molecule has 1 aromatic heterocycles. The highest BCUT2D eigenvalue weighted by molar-refractivity contribution is 7.99. The van der Waals surface area contributed by atoms with Crippen LogP contribution in [-0.4, -0.2) is 21.7 Å². The van der Waals surface area contributed by atoms with E-state index in [0.717, 1.165) is 30.5 Å². The highest BCUT2D eigenvalue weighted by Crippen LogP contribution is 2.26. The van der Waals surface area contributed by atoms with E-state index in [4.69, 9.17) is 0 Å². The third-order valence-corrected chi connectivity index (χ3v) is 3.70. The third kappa shape index (κ3) is 4.08. The molecule has 0 spiro atoms. The van der Waals surface area contributed by atoms with Crippen LogP contribution in [-0.2, 0) is 6.54 Å². The maximum Gasteiger partial charge on any atom is 0.213 e. The molecule has 0 aliphatic heterocycles. The first-order chi connectivity index (χ1) is 9.19. The molecule has 2 aromatic rings. The van der Waals surface area contributed by atoms with Crippen molar-refractivity contribution >= 4 is 11.8 Å². The topological polar surface area (TPSA) is 53.6 Å². The first-order valence-electron chi connectivity index (χ1n) is 6.56. The molecule has 0 fully saturated rings. The number of benzene rings is 1. The van der Waals surface area contributed by atoms with Gasteiger partial charge in [0.15, 0.2) is 0 Å². The maximum absolute atomic E-state index is 4.30. The molecule has 1 aromatic carbocycles. The minimum absolute atomic E-state index is 0.772. The van der Waals surface area contributed by atoms with Crippen LogP contribution in [0.15, 0.2) is 28.3 Å². The van der Waals surface area contributed by atoms with Crippen LogP contribution in [0, 0.1) is 13.8 Å². The molecule has 0 bridgehead atoms. The van der Waals surface area contributed by atoms with Crippen LogP contribution in [0.2, 0.25) is 0 Å². The Morgan fingerprint density at radius 1 is 1.32 bits per heavy atom. The lowest BCUT2D eigenvalue weighted by atomic mass is 10.1. The Balaban J connectivity index is 2.01. The normalized spacial score (nSPS) is 10.9. The van der Waals surface area contributed by atoms with Crippen LogP contribution in [0.3, 0.4) is 0 Å². The monoisotopic (exact) mass is 276 g/mol. The molecular weight excluding hydrogens is 256 g/mol. The van der Waals surface area contributed by atoms with Gasteiger partial charge >= 0.3 is 0 Å². The summed E-state index contributed by atoms with van der Waals surface area (Å²) in [4.78, 5) is 5.48. The molecular formula is C14H20N4S. The SMILES string of the molecule is CCCNCc1ccc(Sc2n[nH]c(C)n2)cc1C. The van der Waals surface area contributed by atoms with Crippen molar-refractivity contribution in [1.29, 1.82) is 0 Å². The molecule has 5 heteroatoms. The number of H-pyrrole nitrogens is 1. The molecule has 4 nitrogen and oxygen atoms in total. The number of aryl methyl sites for hydroxylation is 2. The van der Waals surface area contributed by atoms with E-state index in [-0.39, 0.29) is 0 Å². The van der Waals surface area contributed by atoms with Crippen molar-refractivity contribution in [3.05, 3.63) is 35.2 Å². The predicted molar refractivity (Wildman–Crippen MR) is 78.4 cm³/mol. The third-order valence-electron chi connectivity index (χ3n) is 2.84. The number of nitrogens with one attached hydrogen (secondary N) is 2. The number of hydrogen-bond acceptors (Lipinski definition) is 4. The van der Waals surface area contributed by atoms with Crippen LogP contribution >= 0.6 is 11.8 Å². The summed E-state index contributed by atoms with van der Waals surface area (Å²) in [5, 5.41) is 11.2. The van der Waals surface area contributed by atoms with Gasteiger partial charge in [-0.3, -0.25) is 5.10 Å². The summed E-state index contributed by atoms with van der Waals surface area (Å²) in [6.45, 7) is 8.23. The van der Waals surface area contributed by atoms with E-state index < -0.39 is 0 Å². The van der Waals surface area contributed by atoms with Crippen LogP contribution in [0.5, 0.6) is 0 Å². The highest BCUT2D eigenvalue weighted by atomic mass is 32.2. The van der Waals surface area contributed by atoms with Crippen molar-refractivity contribution < 1.29 is 0 Å². The van der Waals surface area contributed by atoms with Crippen molar-refractivity contribution in [3.63, 3.8) is 0 Å². The van der Waals surface area contributed by atoms with Gasteiger partial charge in [-0.2, -0.15) is 0 Å². The van der Waals surface area contributed by atoms with Gasteiger partial charge < -0.3 is 5.32 Å². The standard InChI is InChI=1S/C14H20N4S/c1-4-7-15-9-12-5-6-13(8-10(12)2)19-14-16-11(3)17-18-14/h5-6,8,15H,4,7,9H2,1-3H3,(H,16,17,18). The highest BCUT2D eigenvalue weighted by Gasteiger charge is 2.05. The van der Waals surface area contributed by atoms with Crippen LogP contribution < -0.4 is 5.32 Å². The largest absolute Gasteiger partial charge is 0.313 e. The zero-order valence-electron chi connectivity index (χ0n) is 11.7. The van der Waals surface area contributed by atoms with Gasteiger partial charge in [-0.05, 0) is 61.8 Å². The number of aromatic amines is 1. The van der Waals surface area contributed by atoms with Crippen molar-refractivity contribution in [3.8, 4) is 0 Å². The molecule has 2 rings (SSSR count). The molecule has 0 saturated heterocycles. The second-order valence-electron chi connectivity index (χ2n) is 4.57. The fourth-order valence-electron chi connectivity index (χ4n) is 1.80. The van der Waals surface area contributed by atoms with Gasteiger partial charge in [-0.1, -0.05) is 13.0 Å². The van der Waals surface area contributed by atoms with Crippen molar-refractivity contribution in [2.24, 2.45) is 0 Å². The lowest BCUT2D eigenvalue weighted by Crippen LogP contribution is -2.14. The van der Waals surface area contributed by atoms with Crippen LogP contribution in [0.1, 0.15) is 30.3 Å². The van der Waals surface area contributed by atoms with Crippen molar-refractivity contribution in [1.82, 2.24) is 20.5 Å². The Bertz CT molecular complexity index is 536. The maximum atomic E-state index is 4.30. The van der Waals surface area contributed by atoms with Gasteiger partial charge in [0.25, 0.3) is 0 Å². The fourth-order valence-corrected chi connectivity index (χ4v) is 2.66. The zero-order valence-corrected chi connectivity index (χ0v) is 12.5. The van der Waals surface area contributed by atoms with E-state index in [1.807, 2.05) is 6.92 Å². The molecule has 0 unspecified atom stereocenters. The molecule has 0 atom stereocenters. The Hall–Kier alpha value is -1.33. The first-order valence-corrected chi connectivity index (χ1v) is 7.37. The van der Waals surface area contributed by atoms with E-state index in [2.05, 4.69) is 52.5 Å². The summed E-state index contributed by atoms with van der Waals surface area (Å²) in [6.07, 6.45) is 1.16. The summed E-state index contributed by atoms with van der Waals surface area (Å²) in [6, 6.07) is 6.51. The fraction of sp³-hybridized carbons (Fsp3) is 0.429. The Morgan fingerprint density at radius 3 is 2.79 bits per heavy atom. The molecule has 0 amide bonds. The first kappa shape index (κ1) is 14.1. The quantitative estimate of drug-likeness (QED) is 0.796. The van der Waals surface area contributed by atoms with E-state index >= 15 is 0 Å². The molecule has 0 aliphatic carbocycles. The predicted octanol–water partition coefficient (Wildman–Crippen LogP) is 3.07. The second kappa shape index (κ2) is 6.73. The van der Waals surface area contributed by atoms with Crippen molar-refractivity contribution in [2.75, 3.05) is 6.54 Å². The molecule has 0 radical (unpaired) electrons. The molecule has 2 N–H and O–H groups in total. The molecule has 102 valence electrons. The van der Waals surface area contributed by atoms with Gasteiger partial charge in [0.2, 0.25) is 5.16 Å². The summed E-state index contributed by atoms with van der Waals surface area (Å²) < 4.78 is 0. The number of aromatic nitrogens is 3. The molecule has 19 heavy (non-hydrogen) atoms. The van der Waals surface area contributed by atoms with Gasteiger partial charge in [0.05, 0.1) is 0 Å². The summed E-state index contributed by atoms with van der Waals surface area (Å²) in [5.74, 6) is 0.847. The lowest BCUT2D eigenvalue weighted by molar-refractivity contribution is 0.673. The minimum Gasteiger partial charge on any atom is -0.313 e. The number of nitrogens with zero attached hydrogens (tertiary/aromatic N) is 2. The minimum atomic E-state index is 0.772. The smallest absolute Gasteiger partial charge is 0.213 e. The van der Waals surface area contributed by atoms with Crippen molar-refractivity contribution in [2.45, 2.75) is 43.8 Å².